The molecule has 0 N–H and O–H groups in total. The Labute approximate surface area is 163 Å². The van der Waals surface area contributed by atoms with E-state index in [2.05, 4.69) is 28.7 Å². The number of rotatable bonds is 9. The van der Waals surface area contributed by atoms with E-state index < -0.39 is 0 Å². The lowest BCUT2D eigenvalue weighted by molar-refractivity contribution is -0.131. The molecule has 1 fully saturated rings. The van der Waals surface area contributed by atoms with E-state index in [1.807, 2.05) is 36.2 Å². The van der Waals surface area contributed by atoms with Crippen LogP contribution in [0.5, 0.6) is 0 Å². The molecule has 146 valence electrons. The van der Waals surface area contributed by atoms with Gasteiger partial charge in [-0.25, -0.2) is 0 Å². The molecule has 1 saturated heterocycles. The zero-order chi connectivity index (χ0) is 18.9. The Balaban J connectivity index is 1.69. The number of nitrogens with zero attached hydrogens (tertiary/aromatic N) is 4. The maximum absolute atomic E-state index is 12.5. The van der Waals surface area contributed by atoms with Crippen molar-refractivity contribution in [2.75, 3.05) is 66.5 Å². The van der Waals surface area contributed by atoms with Crippen molar-refractivity contribution in [2.45, 2.75) is 19.9 Å². The highest BCUT2D eigenvalue weighted by Gasteiger charge is 2.16. The van der Waals surface area contributed by atoms with Crippen LogP contribution in [0, 0.1) is 0 Å². The number of amides is 1. The predicted octanol–water partition coefficient (Wildman–Crippen LogP) is 2.26. The van der Waals surface area contributed by atoms with Crippen LogP contribution in [0.2, 0.25) is 5.02 Å². The summed E-state index contributed by atoms with van der Waals surface area (Å²) in [4.78, 5) is 21.4. The molecule has 0 spiro atoms. The van der Waals surface area contributed by atoms with E-state index in [1.54, 1.807) is 0 Å². The highest BCUT2D eigenvalue weighted by molar-refractivity contribution is 6.30. The van der Waals surface area contributed by atoms with E-state index in [9.17, 15) is 4.79 Å². The number of piperazine rings is 1. The van der Waals surface area contributed by atoms with Gasteiger partial charge in [0.25, 0.3) is 0 Å². The van der Waals surface area contributed by atoms with E-state index in [-0.39, 0.29) is 5.91 Å². The Hall–Kier alpha value is -1.14. The molecule has 0 unspecified atom stereocenters. The van der Waals surface area contributed by atoms with E-state index in [4.69, 9.17) is 11.6 Å². The highest BCUT2D eigenvalue weighted by Crippen LogP contribution is 2.11. The molecule has 0 saturated carbocycles. The highest BCUT2D eigenvalue weighted by atomic mass is 35.5. The summed E-state index contributed by atoms with van der Waals surface area (Å²) in [7, 11) is 4.09. The summed E-state index contributed by atoms with van der Waals surface area (Å²) < 4.78 is 0. The van der Waals surface area contributed by atoms with E-state index in [1.165, 1.54) is 5.56 Å². The average Bonchev–Trinajstić information content (AvgIpc) is 2.64. The second-order valence-electron chi connectivity index (χ2n) is 7.24. The van der Waals surface area contributed by atoms with Crippen molar-refractivity contribution in [3.8, 4) is 0 Å². The van der Waals surface area contributed by atoms with Gasteiger partial charge in [0.2, 0.25) is 5.91 Å². The van der Waals surface area contributed by atoms with Crippen LogP contribution in [0.4, 0.5) is 0 Å². The minimum Gasteiger partial charge on any atom is -0.345 e. The van der Waals surface area contributed by atoms with Gasteiger partial charge in [-0.05, 0) is 44.3 Å². The topological polar surface area (TPSA) is 30.0 Å². The molecular weight excluding hydrogens is 348 g/mol. The van der Waals surface area contributed by atoms with E-state index in [0.717, 1.165) is 63.8 Å². The van der Waals surface area contributed by atoms with Crippen LogP contribution in [-0.4, -0.2) is 92.0 Å². The molecule has 0 radical (unpaired) electrons. The number of carbonyl (C=O) groups is 1. The summed E-state index contributed by atoms with van der Waals surface area (Å²) in [5, 5.41) is 0.743. The quantitative estimate of drug-likeness (QED) is 0.657. The third-order valence-corrected chi connectivity index (χ3v) is 5.37. The lowest BCUT2D eigenvalue weighted by atomic mass is 10.2. The first-order valence-corrected chi connectivity index (χ1v) is 9.97. The van der Waals surface area contributed by atoms with Crippen molar-refractivity contribution in [3.63, 3.8) is 0 Å². The van der Waals surface area contributed by atoms with Crippen molar-refractivity contribution >= 4 is 17.5 Å². The van der Waals surface area contributed by atoms with Crippen LogP contribution in [0.25, 0.3) is 0 Å². The molecule has 26 heavy (non-hydrogen) atoms. The molecule has 0 aliphatic carbocycles. The van der Waals surface area contributed by atoms with Crippen LogP contribution in [-0.2, 0) is 11.3 Å². The minimum atomic E-state index is 0.194. The van der Waals surface area contributed by atoms with Crippen molar-refractivity contribution in [3.05, 3.63) is 34.9 Å². The lowest BCUT2D eigenvalue weighted by Gasteiger charge is -2.32. The third-order valence-electron chi connectivity index (χ3n) is 5.12. The van der Waals surface area contributed by atoms with Crippen LogP contribution in [0.1, 0.15) is 18.9 Å². The normalized spacial score (nSPS) is 16.2. The second-order valence-corrected chi connectivity index (χ2v) is 7.68. The molecule has 1 heterocycles. The minimum absolute atomic E-state index is 0.194. The fraction of sp³-hybridized carbons (Fsp3) is 0.650. The first kappa shape index (κ1) is 21.2. The Morgan fingerprint density at radius 3 is 2.42 bits per heavy atom. The molecule has 1 aliphatic heterocycles. The van der Waals surface area contributed by atoms with Gasteiger partial charge in [-0.15, -0.1) is 0 Å². The summed E-state index contributed by atoms with van der Waals surface area (Å²) >= 11 is 5.94. The molecule has 1 aliphatic rings. The van der Waals surface area contributed by atoms with Crippen molar-refractivity contribution in [2.24, 2.45) is 0 Å². The first-order chi connectivity index (χ1) is 12.5. The van der Waals surface area contributed by atoms with Gasteiger partial charge in [0.1, 0.15) is 0 Å². The molecule has 2 rings (SSSR count). The summed E-state index contributed by atoms with van der Waals surface area (Å²) in [6.07, 6.45) is 1.04. The largest absolute Gasteiger partial charge is 0.345 e. The second kappa shape index (κ2) is 10.9. The Morgan fingerprint density at radius 2 is 1.81 bits per heavy atom. The molecule has 6 heteroatoms. The maximum atomic E-state index is 12.5. The van der Waals surface area contributed by atoms with Gasteiger partial charge in [0, 0.05) is 51.3 Å². The lowest BCUT2D eigenvalue weighted by Crippen LogP contribution is -2.45. The standard InChI is InChI=1S/C20H33ClN4O/c1-4-24(16-18-6-8-19(21)9-7-18)17-20(26)23(3)10-5-11-25-14-12-22(2)13-15-25/h6-9H,4-5,10-17H2,1-3H3. The summed E-state index contributed by atoms with van der Waals surface area (Å²) in [5.74, 6) is 0.194. The first-order valence-electron chi connectivity index (χ1n) is 9.59. The number of carbonyl (C=O) groups excluding carboxylic acids is 1. The van der Waals surface area contributed by atoms with Gasteiger partial charge in [0.15, 0.2) is 0 Å². The SMILES string of the molecule is CCN(CC(=O)N(C)CCCN1CCN(C)CC1)Cc1ccc(Cl)cc1. The average molecular weight is 381 g/mol. The van der Waals surface area contributed by atoms with Crippen molar-refractivity contribution in [1.82, 2.24) is 19.6 Å². The van der Waals surface area contributed by atoms with Crippen molar-refractivity contribution < 1.29 is 4.79 Å². The number of hydrogen-bond donors (Lipinski definition) is 0. The van der Waals surface area contributed by atoms with Gasteiger partial charge >= 0.3 is 0 Å². The van der Waals surface area contributed by atoms with Gasteiger partial charge in [-0.1, -0.05) is 30.7 Å². The third kappa shape index (κ3) is 7.23. The summed E-state index contributed by atoms with van der Waals surface area (Å²) in [6.45, 7) is 10.6. The molecule has 0 atom stereocenters. The Kier molecular flexibility index (Phi) is 8.85. The number of benzene rings is 1. The fourth-order valence-corrected chi connectivity index (χ4v) is 3.29. The number of halogens is 1. The molecule has 1 aromatic rings. The van der Waals surface area contributed by atoms with Gasteiger partial charge < -0.3 is 14.7 Å². The molecular formula is C20H33ClN4O. The summed E-state index contributed by atoms with van der Waals surface area (Å²) in [5.41, 5.74) is 1.18. The van der Waals surface area contributed by atoms with Gasteiger partial charge in [-0.2, -0.15) is 0 Å². The van der Waals surface area contributed by atoms with Crippen LogP contribution in [0.15, 0.2) is 24.3 Å². The van der Waals surface area contributed by atoms with E-state index in [0.29, 0.717) is 6.54 Å². The van der Waals surface area contributed by atoms with Crippen LogP contribution in [0.3, 0.4) is 0 Å². The predicted molar refractivity (Wildman–Crippen MR) is 109 cm³/mol. The Bertz CT molecular complexity index is 543. The van der Waals surface area contributed by atoms with Gasteiger partial charge in [-0.3, -0.25) is 9.69 Å². The summed E-state index contributed by atoms with van der Waals surface area (Å²) in [6, 6.07) is 7.85. The van der Waals surface area contributed by atoms with Crippen LogP contribution >= 0.6 is 11.6 Å². The molecule has 1 amide bonds. The molecule has 5 nitrogen and oxygen atoms in total. The zero-order valence-corrected chi connectivity index (χ0v) is 17.2. The number of likely N-dealkylation sites (N-methyl/N-ethyl adjacent to an activating group) is 3. The zero-order valence-electron chi connectivity index (χ0n) is 16.5. The van der Waals surface area contributed by atoms with Crippen molar-refractivity contribution in [1.29, 1.82) is 0 Å². The van der Waals surface area contributed by atoms with E-state index >= 15 is 0 Å². The monoisotopic (exact) mass is 380 g/mol. The molecule has 0 bridgehead atoms. The van der Waals surface area contributed by atoms with Gasteiger partial charge in [0.05, 0.1) is 6.54 Å². The molecule has 0 aromatic heterocycles. The smallest absolute Gasteiger partial charge is 0.236 e. The molecule has 1 aromatic carbocycles. The maximum Gasteiger partial charge on any atom is 0.236 e. The Morgan fingerprint density at radius 1 is 1.15 bits per heavy atom. The van der Waals surface area contributed by atoms with Crippen LogP contribution < -0.4 is 0 Å². The fourth-order valence-electron chi connectivity index (χ4n) is 3.17. The number of hydrogen-bond acceptors (Lipinski definition) is 4.